The summed E-state index contributed by atoms with van der Waals surface area (Å²) in [6.07, 6.45) is 1.70. The minimum Gasteiger partial charge on any atom is -0.489 e. The molecule has 1 aliphatic heterocycles. The number of ketones is 1. The maximum absolute atomic E-state index is 13.8. The average molecular weight is 420 g/mol. The van der Waals surface area contributed by atoms with Crippen molar-refractivity contribution in [1.82, 2.24) is 0 Å². The molecular formula is C26H22F2O3. The molecule has 0 unspecified atom stereocenters. The Bertz CT molecular complexity index is 1150. The largest absolute Gasteiger partial charge is 0.489 e. The number of allylic oxidation sites excluding steroid dienone is 1. The Morgan fingerprint density at radius 3 is 2.29 bits per heavy atom. The first-order valence-electron chi connectivity index (χ1n) is 9.97. The fraction of sp³-hybridized carbons (Fsp3) is 0.192. The number of carbonyl (C=O) groups is 1. The van der Waals surface area contributed by atoms with Gasteiger partial charge in [0.05, 0.1) is 11.1 Å². The number of hydrogen-bond donors (Lipinski definition) is 0. The molecule has 0 aliphatic carbocycles. The van der Waals surface area contributed by atoms with Crippen LogP contribution in [0.5, 0.6) is 11.5 Å². The van der Waals surface area contributed by atoms with Crippen molar-refractivity contribution < 1.29 is 23.0 Å². The summed E-state index contributed by atoms with van der Waals surface area (Å²) in [5.41, 5.74) is 2.37. The minimum absolute atomic E-state index is 0.0452. The second kappa shape index (κ2) is 7.99. The predicted molar refractivity (Wildman–Crippen MR) is 115 cm³/mol. The summed E-state index contributed by atoms with van der Waals surface area (Å²) in [5.74, 6) is -0.637. The Labute approximate surface area is 179 Å². The van der Waals surface area contributed by atoms with Gasteiger partial charge in [0.15, 0.2) is 5.76 Å². The highest BCUT2D eigenvalue weighted by molar-refractivity contribution is 6.14. The molecule has 0 saturated heterocycles. The highest BCUT2D eigenvalue weighted by Gasteiger charge is 2.28. The summed E-state index contributed by atoms with van der Waals surface area (Å²) in [6.45, 7) is 6.15. The van der Waals surface area contributed by atoms with Gasteiger partial charge in [0, 0.05) is 6.07 Å². The van der Waals surface area contributed by atoms with Crippen LogP contribution in [0.4, 0.5) is 8.78 Å². The standard InChI is InChI=1S/C26H22F2O3/c1-26(2,3)17-9-7-16(8-10-17)13-24-25(29)19-12-11-18(14-23(19)31-24)30-15-20-21(27)5-4-6-22(20)28/h4-14H,15H2,1-3H3/b24-13-. The predicted octanol–water partition coefficient (Wildman–Crippen LogP) is 6.46. The smallest absolute Gasteiger partial charge is 0.231 e. The Morgan fingerprint density at radius 2 is 1.65 bits per heavy atom. The van der Waals surface area contributed by atoms with Crippen molar-refractivity contribution in [2.75, 3.05) is 0 Å². The van der Waals surface area contributed by atoms with Crippen LogP contribution in [0.2, 0.25) is 0 Å². The van der Waals surface area contributed by atoms with Crippen molar-refractivity contribution in [3.63, 3.8) is 0 Å². The summed E-state index contributed by atoms with van der Waals surface area (Å²) >= 11 is 0. The van der Waals surface area contributed by atoms with Gasteiger partial charge < -0.3 is 9.47 Å². The summed E-state index contributed by atoms with van der Waals surface area (Å²) in [5, 5.41) is 0. The van der Waals surface area contributed by atoms with E-state index in [2.05, 4.69) is 20.8 Å². The van der Waals surface area contributed by atoms with Gasteiger partial charge in [0.2, 0.25) is 5.78 Å². The van der Waals surface area contributed by atoms with Gasteiger partial charge in [0.1, 0.15) is 29.7 Å². The number of Topliss-reactive ketones (excluding diaryl/α,β-unsaturated/α-hetero) is 1. The van der Waals surface area contributed by atoms with Crippen LogP contribution in [0, 0.1) is 11.6 Å². The fourth-order valence-electron chi connectivity index (χ4n) is 3.31. The van der Waals surface area contributed by atoms with Crippen molar-refractivity contribution in [3.8, 4) is 11.5 Å². The Hall–Kier alpha value is -3.47. The molecule has 31 heavy (non-hydrogen) atoms. The van der Waals surface area contributed by atoms with Crippen molar-refractivity contribution in [3.05, 3.63) is 100 Å². The van der Waals surface area contributed by atoms with Crippen LogP contribution in [-0.2, 0) is 12.0 Å². The summed E-state index contributed by atoms with van der Waals surface area (Å²) in [6, 6.07) is 16.3. The van der Waals surface area contributed by atoms with E-state index in [0.717, 1.165) is 5.56 Å². The first-order valence-corrected chi connectivity index (χ1v) is 9.97. The Morgan fingerprint density at radius 1 is 0.968 bits per heavy atom. The molecule has 0 aromatic heterocycles. The van der Waals surface area contributed by atoms with Crippen LogP contribution < -0.4 is 9.47 Å². The topological polar surface area (TPSA) is 35.5 Å². The number of rotatable bonds is 4. The van der Waals surface area contributed by atoms with Gasteiger partial charge in [-0.15, -0.1) is 0 Å². The van der Waals surface area contributed by atoms with E-state index in [9.17, 15) is 13.6 Å². The van der Waals surface area contributed by atoms with E-state index < -0.39 is 11.6 Å². The summed E-state index contributed by atoms with van der Waals surface area (Å²) in [7, 11) is 0. The second-order valence-corrected chi connectivity index (χ2v) is 8.46. The Balaban J connectivity index is 1.51. The van der Waals surface area contributed by atoms with Crippen molar-refractivity contribution in [1.29, 1.82) is 0 Å². The third-order valence-corrected chi connectivity index (χ3v) is 5.16. The lowest BCUT2D eigenvalue weighted by molar-refractivity contribution is 0.101. The third-order valence-electron chi connectivity index (χ3n) is 5.16. The molecule has 0 atom stereocenters. The van der Waals surface area contributed by atoms with Crippen LogP contribution in [-0.4, -0.2) is 5.78 Å². The number of ether oxygens (including phenoxy) is 2. The number of fused-ring (bicyclic) bond motifs is 1. The highest BCUT2D eigenvalue weighted by Crippen LogP contribution is 2.35. The lowest BCUT2D eigenvalue weighted by Crippen LogP contribution is -2.10. The summed E-state index contributed by atoms with van der Waals surface area (Å²) in [4.78, 5) is 12.7. The lowest BCUT2D eigenvalue weighted by atomic mass is 9.86. The number of benzene rings is 3. The second-order valence-electron chi connectivity index (χ2n) is 8.46. The number of carbonyl (C=O) groups excluding carboxylic acids is 1. The first-order chi connectivity index (χ1) is 14.7. The SMILES string of the molecule is CC(C)(C)c1ccc(/C=C2\Oc3cc(OCc4c(F)cccc4F)ccc3C2=O)cc1. The normalized spacial score (nSPS) is 14.5. The van der Waals surface area contributed by atoms with Crippen LogP contribution in [0.15, 0.2) is 66.4 Å². The Kier molecular flexibility index (Phi) is 5.36. The van der Waals surface area contributed by atoms with E-state index >= 15 is 0 Å². The summed E-state index contributed by atoms with van der Waals surface area (Å²) < 4.78 is 38.8. The molecule has 3 nitrogen and oxygen atoms in total. The van der Waals surface area contributed by atoms with Crippen LogP contribution >= 0.6 is 0 Å². The zero-order valence-corrected chi connectivity index (χ0v) is 17.5. The van der Waals surface area contributed by atoms with Crippen LogP contribution in [0.1, 0.15) is 47.8 Å². The molecule has 0 saturated carbocycles. The molecule has 3 aromatic carbocycles. The maximum atomic E-state index is 13.8. The van der Waals surface area contributed by atoms with Crippen molar-refractivity contribution in [2.24, 2.45) is 0 Å². The van der Waals surface area contributed by atoms with Gasteiger partial charge in [-0.3, -0.25) is 4.79 Å². The molecule has 0 spiro atoms. The zero-order chi connectivity index (χ0) is 22.2. The van der Waals surface area contributed by atoms with Crippen molar-refractivity contribution in [2.45, 2.75) is 32.8 Å². The minimum atomic E-state index is -0.671. The van der Waals surface area contributed by atoms with Gasteiger partial charge >= 0.3 is 0 Å². The lowest BCUT2D eigenvalue weighted by Gasteiger charge is -2.18. The zero-order valence-electron chi connectivity index (χ0n) is 17.5. The van der Waals surface area contributed by atoms with E-state index in [1.807, 2.05) is 24.3 Å². The van der Waals surface area contributed by atoms with E-state index in [1.165, 1.54) is 23.8 Å². The highest BCUT2D eigenvalue weighted by atomic mass is 19.1. The molecule has 0 radical (unpaired) electrons. The average Bonchev–Trinajstić information content (AvgIpc) is 3.02. The van der Waals surface area contributed by atoms with Crippen LogP contribution in [0.3, 0.4) is 0 Å². The van der Waals surface area contributed by atoms with E-state index in [-0.39, 0.29) is 29.1 Å². The molecule has 3 aromatic rings. The van der Waals surface area contributed by atoms with Crippen molar-refractivity contribution >= 4 is 11.9 Å². The maximum Gasteiger partial charge on any atom is 0.231 e. The van der Waals surface area contributed by atoms with E-state index in [4.69, 9.17) is 9.47 Å². The molecule has 0 N–H and O–H groups in total. The molecular weight excluding hydrogens is 398 g/mol. The fourth-order valence-corrected chi connectivity index (χ4v) is 3.31. The third kappa shape index (κ3) is 4.36. The molecule has 5 heteroatoms. The number of hydrogen-bond acceptors (Lipinski definition) is 3. The monoisotopic (exact) mass is 420 g/mol. The molecule has 4 rings (SSSR count). The quantitative estimate of drug-likeness (QED) is 0.455. The molecule has 1 aliphatic rings. The molecule has 158 valence electrons. The molecule has 0 fully saturated rings. The van der Waals surface area contributed by atoms with E-state index in [1.54, 1.807) is 24.3 Å². The van der Waals surface area contributed by atoms with Gasteiger partial charge in [-0.2, -0.15) is 0 Å². The van der Waals surface area contributed by atoms with Crippen LogP contribution in [0.25, 0.3) is 6.08 Å². The van der Waals surface area contributed by atoms with E-state index in [0.29, 0.717) is 17.1 Å². The molecule has 1 heterocycles. The van der Waals surface area contributed by atoms with Gasteiger partial charge in [-0.1, -0.05) is 51.1 Å². The van der Waals surface area contributed by atoms with Gasteiger partial charge in [0.25, 0.3) is 0 Å². The van der Waals surface area contributed by atoms with Gasteiger partial charge in [-0.25, -0.2) is 8.78 Å². The first kappa shape index (κ1) is 20.8. The molecule has 0 bridgehead atoms. The number of halogens is 2. The van der Waals surface area contributed by atoms with Gasteiger partial charge in [-0.05, 0) is 46.9 Å². The molecule has 0 amide bonds.